The lowest BCUT2D eigenvalue weighted by molar-refractivity contribution is 0.0689. The van der Waals surface area contributed by atoms with Gasteiger partial charge in [-0.15, -0.1) is 0 Å². The van der Waals surface area contributed by atoms with E-state index in [1.54, 1.807) is 0 Å². The van der Waals surface area contributed by atoms with Crippen LogP contribution in [0.4, 0.5) is 11.8 Å². The quantitative estimate of drug-likeness (QED) is 0.673. The Hall–Kier alpha value is -1.85. The van der Waals surface area contributed by atoms with Crippen molar-refractivity contribution in [3.05, 3.63) is 11.3 Å². The molecule has 82 valence electrons. The van der Waals surface area contributed by atoms with Gasteiger partial charge in [-0.25, -0.2) is 9.78 Å². The van der Waals surface area contributed by atoms with Gasteiger partial charge in [-0.2, -0.15) is 4.98 Å². The van der Waals surface area contributed by atoms with Crippen molar-refractivity contribution in [2.24, 2.45) is 0 Å². The Labute approximate surface area is 87.3 Å². The van der Waals surface area contributed by atoms with E-state index in [1.165, 1.54) is 0 Å². The van der Waals surface area contributed by atoms with Crippen LogP contribution in [0.25, 0.3) is 0 Å². The minimum absolute atomic E-state index is 0.0894. The average molecular weight is 210 g/mol. The lowest BCUT2D eigenvalue weighted by Gasteiger charge is -2.07. The van der Waals surface area contributed by atoms with Crippen molar-refractivity contribution in [2.75, 3.05) is 11.5 Å². The van der Waals surface area contributed by atoms with Gasteiger partial charge in [-0.05, 0) is 12.8 Å². The molecular weight excluding hydrogens is 196 g/mol. The van der Waals surface area contributed by atoms with E-state index in [0.717, 1.165) is 12.8 Å². The molecule has 0 spiro atoms. The second-order valence-corrected chi connectivity index (χ2v) is 3.20. The van der Waals surface area contributed by atoms with Crippen molar-refractivity contribution in [3.63, 3.8) is 0 Å². The molecule has 0 radical (unpaired) electrons. The Morgan fingerprint density at radius 1 is 1.40 bits per heavy atom. The van der Waals surface area contributed by atoms with Gasteiger partial charge in [0.25, 0.3) is 0 Å². The number of nitrogens with two attached hydrogens (primary N) is 2. The summed E-state index contributed by atoms with van der Waals surface area (Å²) < 4.78 is 0. The Balaban J connectivity index is 3.15. The molecular formula is C9H14N4O2. The maximum Gasteiger partial charge on any atom is 0.355 e. The molecule has 0 unspecified atom stereocenters. The molecule has 1 aromatic heterocycles. The fourth-order valence-electron chi connectivity index (χ4n) is 1.30. The van der Waals surface area contributed by atoms with E-state index in [9.17, 15) is 4.79 Å². The first-order chi connectivity index (χ1) is 7.06. The summed E-state index contributed by atoms with van der Waals surface area (Å²) in [6.07, 6.45) is 2.35. The first kappa shape index (κ1) is 11.2. The van der Waals surface area contributed by atoms with E-state index in [2.05, 4.69) is 9.97 Å². The molecule has 0 saturated carbocycles. The van der Waals surface area contributed by atoms with Gasteiger partial charge in [0, 0.05) is 5.56 Å². The van der Waals surface area contributed by atoms with Crippen LogP contribution in [0, 0.1) is 0 Å². The van der Waals surface area contributed by atoms with Crippen LogP contribution in [-0.4, -0.2) is 21.0 Å². The van der Waals surface area contributed by atoms with Crippen LogP contribution >= 0.6 is 0 Å². The summed E-state index contributed by atoms with van der Waals surface area (Å²) >= 11 is 0. The fraction of sp³-hybridized carbons (Fsp3) is 0.444. The minimum atomic E-state index is -1.12. The van der Waals surface area contributed by atoms with Crippen LogP contribution in [0.1, 0.15) is 35.8 Å². The molecule has 0 bridgehead atoms. The number of hydrogen-bond donors (Lipinski definition) is 3. The molecule has 6 nitrogen and oxygen atoms in total. The second kappa shape index (κ2) is 4.59. The Bertz CT molecular complexity index is 379. The van der Waals surface area contributed by atoms with Crippen molar-refractivity contribution < 1.29 is 9.90 Å². The van der Waals surface area contributed by atoms with Crippen LogP contribution in [-0.2, 0) is 6.42 Å². The zero-order valence-corrected chi connectivity index (χ0v) is 8.53. The Morgan fingerprint density at radius 2 is 2.07 bits per heavy atom. The van der Waals surface area contributed by atoms with Crippen LogP contribution < -0.4 is 11.5 Å². The molecule has 6 heteroatoms. The standard InChI is InChI=1S/C9H14N4O2/c1-2-3-4-5-6(8(14)15)12-9(11)13-7(5)10/h2-4H2,1H3,(H,14,15)(H4,10,11,12,13). The maximum atomic E-state index is 10.9. The predicted octanol–water partition coefficient (Wildman–Crippen LogP) is 0.682. The number of carbonyl (C=O) groups is 1. The predicted molar refractivity (Wildman–Crippen MR) is 56.4 cm³/mol. The lowest BCUT2D eigenvalue weighted by atomic mass is 10.1. The van der Waals surface area contributed by atoms with E-state index < -0.39 is 5.97 Å². The third kappa shape index (κ3) is 2.55. The molecule has 1 rings (SSSR count). The molecule has 15 heavy (non-hydrogen) atoms. The number of carboxylic acids is 1. The summed E-state index contributed by atoms with van der Waals surface area (Å²) in [5.41, 5.74) is 11.3. The smallest absolute Gasteiger partial charge is 0.355 e. The summed E-state index contributed by atoms with van der Waals surface area (Å²) in [5, 5.41) is 8.91. The largest absolute Gasteiger partial charge is 0.476 e. The molecule has 0 atom stereocenters. The lowest BCUT2D eigenvalue weighted by Crippen LogP contribution is -2.13. The molecule has 1 heterocycles. The molecule has 1 aromatic rings. The van der Waals surface area contributed by atoms with E-state index in [1.807, 2.05) is 6.92 Å². The van der Waals surface area contributed by atoms with E-state index in [0.29, 0.717) is 12.0 Å². The van der Waals surface area contributed by atoms with Gasteiger partial charge in [0.2, 0.25) is 5.95 Å². The third-order valence-electron chi connectivity index (χ3n) is 2.04. The number of aromatic nitrogens is 2. The summed E-state index contributed by atoms with van der Waals surface area (Å²) in [6.45, 7) is 2.01. The number of rotatable bonds is 4. The van der Waals surface area contributed by atoms with Gasteiger partial charge in [-0.1, -0.05) is 13.3 Å². The maximum absolute atomic E-state index is 10.9. The van der Waals surface area contributed by atoms with Gasteiger partial charge in [0.1, 0.15) is 5.82 Å². The number of unbranched alkanes of at least 4 members (excludes halogenated alkanes) is 1. The zero-order chi connectivity index (χ0) is 11.4. The zero-order valence-electron chi connectivity index (χ0n) is 8.53. The van der Waals surface area contributed by atoms with Gasteiger partial charge in [-0.3, -0.25) is 0 Å². The monoisotopic (exact) mass is 210 g/mol. The van der Waals surface area contributed by atoms with E-state index in [-0.39, 0.29) is 17.5 Å². The average Bonchev–Trinajstić information content (AvgIpc) is 2.15. The third-order valence-corrected chi connectivity index (χ3v) is 2.04. The minimum Gasteiger partial charge on any atom is -0.476 e. The topological polar surface area (TPSA) is 115 Å². The molecule has 0 amide bonds. The van der Waals surface area contributed by atoms with Gasteiger partial charge < -0.3 is 16.6 Å². The van der Waals surface area contributed by atoms with Crippen LogP contribution in [0.2, 0.25) is 0 Å². The molecule has 0 aliphatic heterocycles. The first-order valence-electron chi connectivity index (χ1n) is 4.71. The van der Waals surface area contributed by atoms with Crippen molar-refractivity contribution in [2.45, 2.75) is 26.2 Å². The highest BCUT2D eigenvalue weighted by Gasteiger charge is 2.16. The number of aromatic carboxylic acids is 1. The fourth-order valence-corrected chi connectivity index (χ4v) is 1.30. The van der Waals surface area contributed by atoms with Gasteiger partial charge in [0.15, 0.2) is 5.69 Å². The number of nitrogen functional groups attached to an aromatic ring is 2. The molecule has 0 aliphatic carbocycles. The highest BCUT2D eigenvalue weighted by Crippen LogP contribution is 2.17. The summed E-state index contributed by atoms with van der Waals surface area (Å²) in [7, 11) is 0. The van der Waals surface area contributed by atoms with Crippen LogP contribution in [0.15, 0.2) is 0 Å². The van der Waals surface area contributed by atoms with Crippen molar-refractivity contribution in [1.82, 2.24) is 9.97 Å². The van der Waals surface area contributed by atoms with Crippen LogP contribution in [0.3, 0.4) is 0 Å². The normalized spacial score (nSPS) is 10.2. The number of hydrogen-bond acceptors (Lipinski definition) is 5. The van der Waals surface area contributed by atoms with Crippen molar-refractivity contribution >= 4 is 17.7 Å². The van der Waals surface area contributed by atoms with Crippen LogP contribution in [0.5, 0.6) is 0 Å². The Kier molecular flexibility index (Phi) is 3.43. The van der Waals surface area contributed by atoms with Crippen molar-refractivity contribution in [3.8, 4) is 0 Å². The van der Waals surface area contributed by atoms with Gasteiger partial charge >= 0.3 is 5.97 Å². The van der Waals surface area contributed by atoms with E-state index >= 15 is 0 Å². The number of nitrogens with zero attached hydrogens (tertiary/aromatic N) is 2. The van der Waals surface area contributed by atoms with E-state index in [4.69, 9.17) is 16.6 Å². The molecule has 0 aromatic carbocycles. The molecule has 0 aliphatic rings. The SMILES string of the molecule is CCCCc1c(N)nc(N)nc1C(=O)O. The highest BCUT2D eigenvalue weighted by atomic mass is 16.4. The summed E-state index contributed by atoms with van der Waals surface area (Å²) in [6, 6.07) is 0. The summed E-state index contributed by atoms with van der Waals surface area (Å²) in [4.78, 5) is 18.3. The highest BCUT2D eigenvalue weighted by molar-refractivity contribution is 5.88. The summed E-state index contributed by atoms with van der Waals surface area (Å²) in [5.74, 6) is -1.07. The molecule has 0 fully saturated rings. The first-order valence-corrected chi connectivity index (χ1v) is 4.71. The number of carboxylic acid groups (broad SMARTS) is 1. The van der Waals surface area contributed by atoms with Crippen molar-refractivity contribution in [1.29, 1.82) is 0 Å². The van der Waals surface area contributed by atoms with Gasteiger partial charge in [0.05, 0.1) is 0 Å². The molecule has 5 N–H and O–H groups in total. The Morgan fingerprint density at radius 3 is 2.60 bits per heavy atom. The molecule has 0 saturated heterocycles. The number of anilines is 2. The second-order valence-electron chi connectivity index (χ2n) is 3.20.